The topological polar surface area (TPSA) is 79.8 Å². The van der Waals surface area contributed by atoms with Crippen molar-refractivity contribution in [3.05, 3.63) is 28.2 Å². The number of amides is 2. The van der Waals surface area contributed by atoms with E-state index in [-0.39, 0.29) is 0 Å². The van der Waals surface area contributed by atoms with Crippen molar-refractivity contribution in [1.29, 1.82) is 0 Å². The maximum absolute atomic E-state index is 11.3. The van der Waals surface area contributed by atoms with Crippen LogP contribution in [-0.2, 0) is 9.59 Å². The summed E-state index contributed by atoms with van der Waals surface area (Å²) in [5.41, 5.74) is 2.92. The molecule has 1 aromatic carbocycles. The quantitative estimate of drug-likeness (QED) is 0.464. The van der Waals surface area contributed by atoms with Crippen LogP contribution >= 0.6 is 15.9 Å². The highest BCUT2D eigenvalue weighted by atomic mass is 79.9. The molecular weight excluding hydrogens is 338 g/mol. The van der Waals surface area contributed by atoms with Gasteiger partial charge < -0.3 is 10.1 Å². The normalized spacial score (nSPS) is 10.4. The van der Waals surface area contributed by atoms with Crippen molar-refractivity contribution in [1.82, 2.24) is 10.7 Å². The predicted octanol–water partition coefficient (Wildman–Crippen LogP) is 1.82. The second-order valence-corrected chi connectivity index (χ2v) is 4.95. The standard InChI is InChI=1S/C14H18BrN3O3/c1-3-7-21-12-6-5-10(8-11(12)15)9-17-18-14(20)13(19)16-4-2/h5-6,8-9H,3-4,7H2,1-2H3,(H,16,19)(H,18,20)/b17-9-. The molecule has 2 amide bonds. The van der Waals surface area contributed by atoms with Crippen LogP contribution in [0.5, 0.6) is 5.75 Å². The van der Waals surface area contributed by atoms with Gasteiger partial charge in [0.1, 0.15) is 5.75 Å². The Balaban J connectivity index is 2.59. The van der Waals surface area contributed by atoms with E-state index in [0.29, 0.717) is 13.2 Å². The highest BCUT2D eigenvalue weighted by Gasteiger charge is 2.10. The summed E-state index contributed by atoms with van der Waals surface area (Å²) >= 11 is 3.40. The van der Waals surface area contributed by atoms with E-state index in [1.54, 1.807) is 13.0 Å². The minimum atomic E-state index is -0.796. The van der Waals surface area contributed by atoms with E-state index in [9.17, 15) is 9.59 Å². The summed E-state index contributed by atoms with van der Waals surface area (Å²) in [5.74, 6) is -0.755. The minimum absolute atomic E-state index is 0.391. The van der Waals surface area contributed by atoms with Gasteiger partial charge in [-0.25, -0.2) is 5.43 Å². The zero-order valence-corrected chi connectivity index (χ0v) is 13.6. The van der Waals surface area contributed by atoms with E-state index in [0.717, 1.165) is 22.2 Å². The molecule has 114 valence electrons. The average Bonchev–Trinajstić information content (AvgIpc) is 2.46. The van der Waals surface area contributed by atoms with Crippen LogP contribution in [0.1, 0.15) is 25.8 Å². The second-order valence-electron chi connectivity index (χ2n) is 4.10. The van der Waals surface area contributed by atoms with Gasteiger partial charge in [-0.2, -0.15) is 5.10 Å². The molecule has 7 heteroatoms. The number of hydrogen-bond acceptors (Lipinski definition) is 4. The zero-order valence-electron chi connectivity index (χ0n) is 12.0. The van der Waals surface area contributed by atoms with Crippen molar-refractivity contribution in [2.24, 2.45) is 5.10 Å². The monoisotopic (exact) mass is 355 g/mol. The Labute approximate surface area is 132 Å². The summed E-state index contributed by atoms with van der Waals surface area (Å²) in [7, 11) is 0. The van der Waals surface area contributed by atoms with Gasteiger partial charge >= 0.3 is 11.8 Å². The molecule has 21 heavy (non-hydrogen) atoms. The van der Waals surface area contributed by atoms with Crippen molar-refractivity contribution >= 4 is 34.0 Å². The van der Waals surface area contributed by atoms with Crippen LogP contribution in [0.2, 0.25) is 0 Å². The Morgan fingerprint density at radius 2 is 2.10 bits per heavy atom. The molecule has 0 unspecified atom stereocenters. The van der Waals surface area contributed by atoms with Crippen LogP contribution in [0.4, 0.5) is 0 Å². The molecule has 1 rings (SSSR count). The molecule has 0 aliphatic carbocycles. The molecule has 0 aliphatic rings. The molecule has 0 spiro atoms. The number of nitrogens with one attached hydrogen (secondary N) is 2. The zero-order chi connectivity index (χ0) is 15.7. The predicted molar refractivity (Wildman–Crippen MR) is 84.3 cm³/mol. The van der Waals surface area contributed by atoms with Crippen LogP contribution in [-0.4, -0.2) is 31.2 Å². The second kappa shape index (κ2) is 9.12. The van der Waals surface area contributed by atoms with Gasteiger partial charge in [0, 0.05) is 6.54 Å². The Hall–Kier alpha value is -1.89. The molecule has 0 aromatic heterocycles. The van der Waals surface area contributed by atoms with E-state index < -0.39 is 11.8 Å². The summed E-state index contributed by atoms with van der Waals surface area (Å²) in [6.07, 6.45) is 2.38. The lowest BCUT2D eigenvalue weighted by atomic mass is 10.2. The molecule has 0 bridgehead atoms. The molecular formula is C14H18BrN3O3. The Morgan fingerprint density at radius 1 is 1.33 bits per heavy atom. The number of likely N-dealkylation sites (N-methyl/N-ethyl adjacent to an activating group) is 1. The van der Waals surface area contributed by atoms with E-state index >= 15 is 0 Å². The van der Waals surface area contributed by atoms with E-state index in [2.05, 4.69) is 31.8 Å². The summed E-state index contributed by atoms with van der Waals surface area (Å²) in [5, 5.41) is 6.11. The third-order valence-electron chi connectivity index (χ3n) is 2.34. The number of benzene rings is 1. The van der Waals surface area contributed by atoms with Crippen molar-refractivity contribution in [3.8, 4) is 5.75 Å². The van der Waals surface area contributed by atoms with Gasteiger partial charge in [-0.05, 0) is 53.0 Å². The number of hydrogen-bond donors (Lipinski definition) is 2. The van der Waals surface area contributed by atoms with E-state index in [1.807, 2.05) is 19.1 Å². The molecule has 0 atom stereocenters. The lowest BCUT2D eigenvalue weighted by molar-refractivity contribution is -0.139. The third kappa shape index (κ3) is 5.95. The molecule has 6 nitrogen and oxygen atoms in total. The van der Waals surface area contributed by atoms with Gasteiger partial charge in [0.25, 0.3) is 0 Å². The molecule has 0 radical (unpaired) electrons. The molecule has 0 saturated carbocycles. The molecule has 0 fully saturated rings. The van der Waals surface area contributed by atoms with Crippen LogP contribution in [0.25, 0.3) is 0 Å². The van der Waals surface area contributed by atoms with E-state index in [4.69, 9.17) is 4.74 Å². The SMILES string of the molecule is CCCOc1ccc(/C=N\NC(=O)C(=O)NCC)cc1Br. The number of ether oxygens (including phenoxy) is 1. The first-order valence-electron chi connectivity index (χ1n) is 6.62. The first kappa shape index (κ1) is 17.2. The summed E-state index contributed by atoms with van der Waals surface area (Å²) in [6, 6.07) is 5.43. The molecule has 0 heterocycles. The molecule has 1 aromatic rings. The van der Waals surface area contributed by atoms with Gasteiger partial charge in [-0.15, -0.1) is 0 Å². The van der Waals surface area contributed by atoms with Crippen LogP contribution in [0, 0.1) is 0 Å². The molecule has 2 N–H and O–H groups in total. The number of carbonyl (C=O) groups is 2. The Kier molecular flexibility index (Phi) is 7.45. The maximum atomic E-state index is 11.3. The van der Waals surface area contributed by atoms with Crippen LogP contribution in [0.3, 0.4) is 0 Å². The lowest BCUT2D eigenvalue weighted by Gasteiger charge is -2.07. The summed E-state index contributed by atoms with van der Waals surface area (Å²) < 4.78 is 6.33. The molecule has 0 saturated heterocycles. The maximum Gasteiger partial charge on any atom is 0.329 e. The van der Waals surface area contributed by atoms with Gasteiger partial charge in [0.2, 0.25) is 0 Å². The van der Waals surface area contributed by atoms with Crippen molar-refractivity contribution in [2.45, 2.75) is 20.3 Å². The van der Waals surface area contributed by atoms with Gasteiger partial charge in [0.15, 0.2) is 0 Å². The third-order valence-corrected chi connectivity index (χ3v) is 2.96. The smallest absolute Gasteiger partial charge is 0.329 e. The van der Waals surface area contributed by atoms with Gasteiger partial charge in [-0.1, -0.05) is 6.92 Å². The van der Waals surface area contributed by atoms with Gasteiger partial charge in [-0.3, -0.25) is 9.59 Å². The first-order chi connectivity index (χ1) is 10.1. The first-order valence-corrected chi connectivity index (χ1v) is 7.41. The fourth-order valence-corrected chi connectivity index (χ4v) is 1.89. The minimum Gasteiger partial charge on any atom is -0.492 e. The lowest BCUT2D eigenvalue weighted by Crippen LogP contribution is -2.37. The fourth-order valence-electron chi connectivity index (χ4n) is 1.38. The average molecular weight is 356 g/mol. The molecule has 0 aliphatic heterocycles. The van der Waals surface area contributed by atoms with Crippen LogP contribution < -0.4 is 15.5 Å². The van der Waals surface area contributed by atoms with Crippen molar-refractivity contribution in [2.75, 3.05) is 13.2 Å². The number of carbonyl (C=O) groups excluding carboxylic acids is 2. The highest BCUT2D eigenvalue weighted by Crippen LogP contribution is 2.25. The Bertz CT molecular complexity index is 532. The number of hydrazone groups is 1. The summed E-state index contributed by atoms with van der Waals surface area (Å²) in [4.78, 5) is 22.5. The largest absolute Gasteiger partial charge is 0.492 e. The fraction of sp³-hybridized carbons (Fsp3) is 0.357. The number of rotatable bonds is 6. The van der Waals surface area contributed by atoms with Crippen molar-refractivity contribution < 1.29 is 14.3 Å². The highest BCUT2D eigenvalue weighted by molar-refractivity contribution is 9.10. The van der Waals surface area contributed by atoms with E-state index in [1.165, 1.54) is 6.21 Å². The van der Waals surface area contributed by atoms with Crippen molar-refractivity contribution in [3.63, 3.8) is 0 Å². The summed E-state index contributed by atoms with van der Waals surface area (Å²) in [6.45, 7) is 4.80. The Morgan fingerprint density at radius 3 is 2.71 bits per heavy atom. The number of nitrogens with zero attached hydrogens (tertiary/aromatic N) is 1. The van der Waals surface area contributed by atoms with Gasteiger partial charge in [0.05, 0.1) is 17.3 Å². The number of halogens is 1. The van der Waals surface area contributed by atoms with Crippen LogP contribution in [0.15, 0.2) is 27.8 Å².